The van der Waals surface area contributed by atoms with E-state index >= 15 is 0 Å². The fraction of sp³-hybridized carbons (Fsp3) is 0.375. The van der Waals surface area contributed by atoms with E-state index in [-0.39, 0.29) is 11.9 Å². The van der Waals surface area contributed by atoms with Gasteiger partial charge in [0.05, 0.1) is 12.3 Å². The Hall–Kier alpha value is -1.21. The minimum absolute atomic E-state index is 0.103. The van der Waals surface area contributed by atoms with E-state index in [0.29, 0.717) is 0 Å². The molecule has 15 heavy (non-hydrogen) atoms. The molecule has 2 N–H and O–H groups in total. The van der Waals surface area contributed by atoms with Gasteiger partial charge in [-0.1, -0.05) is 0 Å². The van der Waals surface area contributed by atoms with Crippen molar-refractivity contribution in [1.29, 1.82) is 0 Å². The van der Waals surface area contributed by atoms with Gasteiger partial charge in [-0.15, -0.1) is 0 Å². The molecule has 1 aliphatic carbocycles. The van der Waals surface area contributed by atoms with Crippen LogP contribution >= 0.6 is 0 Å². The van der Waals surface area contributed by atoms with Gasteiger partial charge in [0.25, 0.3) is 10.0 Å². The summed E-state index contributed by atoms with van der Waals surface area (Å²) in [6, 6.07) is 0.977. The first kappa shape index (κ1) is 10.3. The third-order valence-electron chi connectivity index (χ3n) is 1.88. The highest BCUT2D eigenvalue weighted by Crippen LogP contribution is 2.27. The van der Waals surface area contributed by atoms with Crippen LogP contribution in [0.4, 0.5) is 4.39 Å². The number of primary sulfonamides is 1. The van der Waals surface area contributed by atoms with Crippen molar-refractivity contribution >= 4 is 10.0 Å². The summed E-state index contributed by atoms with van der Waals surface area (Å²) in [5.74, 6) is -0.766. The molecule has 0 bridgehead atoms. The Labute approximate surface area is 86.1 Å². The summed E-state index contributed by atoms with van der Waals surface area (Å²) in [5.41, 5.74) is 0. The number of nitrogens with zero attached hydrogens (tertiary/aromatic N) is 1. The van der Waals surface area contributed by atoms with Crippen LogP contribution in [-0.2, 0) is 10.0 Å². The number of pyridine rings is 1. The molecule has 1 saturated carbocycles. The van der Waals surface area contributed by atoms with Crippen LogP contribution in [0.2, 0.25) is 0 Å². The molecule has 0 radical (unpaired) electrons. The monoisotopic (exact) mass is 232 g/mol. The second kappa shape index (κ2) is 3.42. The summed E-state index contributed by atoms with van der Waals surface area (Å²) in [4.78, 5) is 3.42. The van der Waals surface area contributed by atoms with Crippen molar-refractivity contribution in [2.45, 2.75) is 24.0 Å². The van der Waals surface area contributed by atoms with Crippen molar-refractivity contribution in [1.82, 2.24) is 4.98 Å². The first-order valence-corrected chi connectivity index (χ1v) is 5.86. The molecule has 1 fully saturated rings. The molecule has 0 atom stereocenters. The topological polar surface area (TPSA) is 82.3 Å². The zero-order chi connectivity index (χ0) is 11.1. The summed E-state index contributed by atoms with van der Waals surface area (Å²) in [6.45, 7) is 0. The summed E-state index contributed by atoms with van der Waals surface area (Å²) >= 11 is 0. The van der Waals surface area contributed by atoms with Crippen molar-refractivity contribution in [3.8, 4) is 5.75 Å². The first-order chi connectivity index (χ1) is 6.97. The molecule has 0 amide bonds. The maximum atomic E-state index is 13.2. The van der Waals surface area contributed by atoms with Gasteiger partial charge >= 0.3 is 0 Å². The van der Waals surface area contributed by atoms with E-state index in [9.17, 15) is 12.8 Å². The number of hydrogen-bond donors (Lipinski definition) is 1. The quantitative estimate of drug-likeness (QED) is 0.818. The van der Waals surface area contributed by atoms with Crippen LogP contribution in [0.15, 0.2) is 17.3 Å². The zero-order valence-corrected chi connectivity index (χ0v) is 8.50. The number of hydrogen-bond acceptors (Lipinski definition) is 4. The average Bonchev–Trinajstić information content (AvgIpc) is 2.85. The molecule has 2 rings (SSSR count). The Bertz CT molecular complexity index is 485. The molecule has 0 saturated heterocycles. The fourth-order valence-corrected chi connectivity index (χ4v) is 1.59. The van der Waals surface area contributed by atoms with Crippen molar-refractivity contribution in [3.05, 3.63) is 18.1 Å². The third kappa shape index (κ3) is 2.42. The lowest BCUT2D eigenvalue weighted by atomic mass is 10.4. The highest BCUT2D eigenvalue weighted by atomic mass is 32.2. The van der Waals surface area contributed by atoms with Crippen molar-refractivity contribution in [2.24, 2.45) is 5.14 Å². The predicted octanol–water partition coefficient (Wildman–Crippen LogP) is 0.409. The molecule has 1 aliphatic rings. The predicted molar refractivity (Wildman–Crippen MR) is 49.2 cm³/mol. The van der Waals surface area contributed by atoms with Gasteiger partial charge in [0.2, 0.25) is 5.03 Å². The van der Waals surface area contributed by atoms with Crippen LogP contribution in [0.5, 0.6) is 5.75 Å². The molecule has 0 spiro atoms. The van der Waals surface area contributed by atoms with Gasteiger partial charge in [0, 0.05) is 6.07 Å². The summed E-state index contributed by atoms with van der Waals surface area (Å²) in [5, 5.41) is 3.99. The van der Waals surface area contributed by atoms with Gasteiger partial charge in [-0.3, -0.25) is 0 Å². The smallest absolute Gasteiger partial charge is 0.258 e. The molecular weight excluding hydrogens is 223 g/mol. The van der Waals surface area contributed by atoms with Crippen LogP contribution in [-0.4, -0.2) is 19.5 Å². The van der Waals surface area contributed by atoms with Gasteiger partial charge < -0.3 is 4.74 Å². The second-order valence-corrected chi connectivity index (χ2v) is 4.80. The number of rotatable bonds is 3. The lowest BCUT2D eigenvalue weighted by molar-refractivity contribution is 0.299. The van der Waals surface area contributed by atoms with Gasteiger partial charge in [0.15, 0.2) is 5.82 Å². The zero-order valence-electron chi connectivity index (χ0n) is 7.68. The maximum absolute atomic E-state index is 13.2. The van der Waals surface area contributed by atoms with E-state index in [1.165, 1.54) is 0 Å². The molecular formula is C8H9FN2O3S. The van der Waals surface area contributed by atoms with Crippen LogP contribution in [0.25, 0.3) is 0 Å². The number of halogens is 1. The minimum atomic E-state index is -4.10. The van der Waals surface area contributed by atoms with Crippen LogP contribution in [0, 0.1) is 5.82 Å². The Morgan fingerprint density at radius 2 is 2.20 bits per heavy atom. The third-order valence-corrected chi connectivity index (χ3v) is 2.72. The van der Waals surface area contributed by atoms with E-state index in [2.05, 4.69) is 4.98 Å². The average molecular weight is 232 g/mol. The molecule has 82 valence electrons. The summed E-state index contributed by atoms with van der Waals surface area (Å²) in [6.07, 6.45) is 3.12. The first-order valence-electron chi connectivity index (χ1n) is 4.32. The fourth-order valence-electron chi connectivity index (χ4n) is 1.06. The lowest BCUT2D eigenvalue weighted by Crippen LogP contribution is -2.16. The molecule has 0 unspecified atom stereocenters. The molecule has 1 aromatic heterocycles. The number of ether oxygens (including phenoxy) is 1. The van der Waals surface area contributed by atoms with Gasteiger partial charge in [-0.25, -0.2) is 22.9 Å². The minimum Gasteiger partial charge on any atom is -0.489 e. The van der Waals surface area contributed by atoms with E-state index in [0.717, 1.165) is 25.1 Å². The van der Waals surface area contributed by atoms with E-state index < -0.39 is 20.9 Å². The highest BCUT2D eigenvalue weighted by Gasteiger charge is 2.24. The SMILES string of the molecule is NS(=O)(=O)c1ncc(OC2CC2)cc1F. The van der Waals surface area contributed by atoms with Crippen LogP contribution in [0.1, 0.15) is 12.8 Å². The van der Waals surface area contributed by atoms with E-state index in [1.807, 2.05) is 0 Å². The van der Waals surface area contributed by atoms with Crippen LogP contribution < -0.4 is 9.88 Å². The Morgan fingerprint density at radius 3 is 2.67 bits per heavy atom. The van der Waals surface area contributed by atoms with Crippen LogP contribution in [0.3, 0.4) is 0 Å². The van der Waals surface area contributed by atoms with Crippen molar-refractivity contribution in [3.63, 3.8) is 0 Å². The number of aromatic nitrogens is 1. The molecule has 1 heterocycles. The molecule has 7 heteroatoms. The molecule has 0 aliphatic heterocycles. The molecule has 5 nitrogen and oxygen atoms in total. The summed E-state index contributed by atoms with van der Waals surface area (Å²) in [7, 11) is -4.10. The Morgan fingerprint density at radius 1 is 1.53 bits per heavy atom. The normalized spacial score (nSPS) is 16.4. The Balaban J connectivity index is 2.29. The van der Waals surface area contributed by atoms with Gasteiger partial charge in [0.1, 0.15) is 5.75 Å². The van der Waals surface area contributed by atoms with Gasteiger partial charge in [-0.05, 0) is 12.8 Å². The number of nitrogens with two attached hydrogens (primary N) is 1. The maximum Gasteiger partial charge on any atom is 0.258 e. The molecule has 1 aromatic rings. The molecule has 0 aromatic carbocycles. The standard InChI is InChI=1S/C8H9FN2O3S/c9-7-3-6(14-5-1-2-5)4-11-8(7)15(10,12)13/h3-5H,1-2H2,(H2,10,12,13). The van der Waals surface area contributed by atoms with Crippen molar-refractivity contribution < 1.29 is 17.5 Å². The lowest BCUT2D eigenvalue weighted by Gasteiger charge is -2.05. The van der Waals surface area contributed by atoms with E-state index in [1.54, 1.807) is 0 Å². The number of sulfonamides is 1. The van der Waals surface area contributed by atoms with Crippen molar-refractivity contribution in [2.75, 3.05) is 0 Å². The largest absolute Gasteiger partial charge is 0.489 e. The van der Waals surface area contributed by atoms with Gasteiger partial charge in [-0.2, -0.15) is 0 Å². The Kier molecular flexibility index (Phi) is 2.35. The summed E-state index contributed by atoms with van der Waals surface area (Å²) < 4.78 is 40.1. The second-order valence-electron chi connectivity index (χ2n) is 3.32. The highest BCUT2D eigenvalue weighted by molar-refractivity contribution is 7.89. The van der Waals surface area contributed by atoms with E-state index in [4.69, 9.17) is 9.88 Å².